The maximum Gasteiger partial charge on any atom is 0.110 e. The summed E-state index contributed by atoms with van der Waals surface area (Å²) in [6.45, 7) is 6.57. The Morgan fingerprint density at radius 1 is 1.07 bits per heavy atom. The van der Waals surface area contributed by atoms with E-state index >= 15 is 0 Å². The van der Waals surface area contributed by atoms with Crippen LogP contribution in [0.15, 0.2) is 0 Å². The lowest BCUT2D eigenvalue weighted by atomic mass is 10.1. The van der Waals surface area contributed by atoms with Crippen molar-refractivity contribution in [2.45, 2.75) is 58.3 Å². The molecular weight excluding hydrogens is 172 g/mol. The number of unbranched alkanes of at least 4 members (excludes halogenated alkanes) is 6. The van der Waals surface area contributed by atoms with Crippen molar-refractivity contribution >= 4 is 0 Å². The highest BCUT2D eigenvalue weighted by atomic mass is 16.5. The van der Waals surface area contributed by atoms with Crippen molar-refractivity contribution in [1.29, 1.82) is 0 Å². The van der Waals surface area contributed by atoms with Gasteiger partial charge in [-0.1, -0.05) is 44.9 Å². The normalized spacial score (nSPS) is 9.29. The zero-order valence-electron chi connectivity index (χ0n) is 9.48. The van der Waals surface area contributed by atoms with Gasteiger partial charge in [0.2, 0.25) is 0 Å². The summed E-state index contributed by atoms with van der Waals surface area (Å²) < 4.78 is 5.00. The fourth-order valence-corrected chi connectivity index (χ4v) is 1.22. The molecule has 1 heteroatoms. The Balaban J connectivity index is 2.99. The van der Waals surface area contributed by atoms with Crippen LogP contribution in [0.2, 0.25) is 0 Å². The quantitative estimate of drug-likeness (QED) is 0.421. The molecule has 0 amide bonds. The van der Waals surface area contributed by atoms with E-state index in [4.69, 9.17) is 4.74 Å². The molecule has 0 rings (SSSR count). The smallest absolute Gasteiger partial charge is 0.110 e. The average molecular weight is 195 g/mol. The molecular formula is C13H23O. The van der Waals surface area contributed by atoms with Gasteiger partial charge in [0.15, 0.2) is 0 Å². The number of hydrogen-bond donors (Lipinski definition) is 0. The molecule has 0 atom stereocenters. The first-order valence-electron chi connectivity index (χ1n) is 5.80. The average Bonchev–Trinajstić information content (AvgIpc) is 2.21. The van der Waals surface area contributed by atoms with Crippen LogP contribution in [0.3, 0.4) is 0 Å². The van der Waals surface area contributed by atoms with Gasteiger partial charge in [-0.05, 0) is 19.8 Å². The van der Waals surface area contributed by atoms with E-state index in [-0.39, 0.29) is 0 Å². The molecule has 0 fully saturated rings. The highest BCUT2D eigenvalue weighted by molar-refractivity contribution is 4.90. The summed E-state index contributed by atoms with van der Waals surface area (Å²) in [5.41, 5.74) is 0. The summed E-state index contributed by atoms with van der Waals surface area (Å²) in [4.78, 5) is 0. The van der Waals surface area contributed by atoms with Gasteiger partial charge in [-0.2, -0.15) is 0 Å². The zero-order chi connectivity index (χ0) is 10.5. The van der Waals surface area contributed by atoms with Crippen molar-refractivity contribution < 1.29 is 4.74 Å². The molecule has 0 aliphatic carbocycles. The topological polar surface area (TPSA) is 9.23 Å². The molecule has 0 spiro atoms. The Kier molecular flexibility index (Phi) is 11.8. The van der Waals surface area contributed by atoms with E-state index in [1.54, 1.807) is 0 Å². The third kappa shape index (κ3) is 11.4. The zero-order valence-corrected chi connectivity index (χ0v) is 9.48. The standard InChI is InChI=1S/C13H23O/c1-3-5-6-7-8-9-10-11-13-14-12-4-2/h2-10,12H2,1H3. The summed E-state index contributed by atoms with van der Waals surface area (Å²) in [6, 6.07) is 0. The molecule has 0 aliphatic heterocycles. The fraction of sp³-hybridized carbons (Fsp3) is 0.769. The highest BCUT2D eigenvalue weighted by Gasteiger charge is 1.87. The maximum absolute atomic E-state index is 5.00. The predicted octanol–water partition coefficient (Wildman–Crippen LogP) is 3.94. The molecule has 0 heterocycles. The van der Waals surface area contributed by atoms with E-state index in [2.05, 4.69) is 25.9 Å². The van der Waals surface area contributed by atoms with Gasteiger partial charge in [0.05, 0.1) is 0 Å². The van der Waals surface area contributed by atoms with Crippen LogP contribution in [-0.2, 0) is 4.74 Å². The first kappa shape index (κ1) is 13.4. The minimum absolute atomic E-state index is 0.656. The van der Waals surface area contributed by atoms with Crippen LogP contribution in [-0.4, -0.2) is 6.61 Å². The summed E-state index contributed by atoms with van der Waals surface area (Å²) in [5.74, 6) is 3.01. The van der Waals surface area contributed by atoms with Crippen molar-refractivity contribution in [2.75, 3.05) is 6.61 Å². The van der Waals surface area contributed by atoms with E-state index < -0.39 is 0 Å². The fourth-order valence-electron chi connectivity index (χ4n) is 1.22. The first-order valence-corrected chi connectivity index (χ1v) is 5.80. The van der Waals surface area contributed by atoms with Crippen molar-refractivity contribution in [1.82, 2.24) is 0 Å². The van der Waals surface area contributed by atoms with Crippen molar-refractivity contribution in [3.8, 4) is 12.0 Å². The lowest BCUT2D eigenvalue weighted by molar-refractivity contribution is 0.283. The van der Waals surface area contributed by atoms with E-state index in [1.807, 2.05) is 0 Å². The van der Waals surface area contributed by atoms with E-state index in [1.165, 1.54) is 38.5 Å². The molecule has 0 aromatic heterocycles. The molecule has 0 saturated heterocycles. The van der Waals surface area contributed by atoms with Crippen LogP contribution >= 0.6 is 0 Å². The van der Waals surface area contributed by atoms with E-state index in [9.17, 15) is 0 Å². The predicted molar refractivity (Wildman–Crippen MR) is 61.7 cm³/mol. The molecule has 1 radical (unpaired) electrons. The Hall–Kier alpha value is -0.640. The van der Waals surface area contributed by atoms with Gasteiger partial charge >= 0.3 is 0 Å². The Bertz CT molecular complexity index is 152. The Labute approximate surface area is 89.2 Å². The minimum atomic E-state index is 0.656. The Morgan fingerprint density at radius 3 is 2.50 bits per heavy atom. The second kappa shape index (κ2) is 12.4. The molecule has 0 aliphatic rings. The number of rotatable bonds is 8. The number of hydrogen-bond acceptors (Lipinski definition) is 1. The lowest BCUT2D eigenvalue weighted by Crippen LogP contribution is -1.83. The van der Waals surface area contributed by atoms with Gasteiger partial charge in [-0.3, -0.25) is 0 Å². The summed E-state index contributed by atoms with van der Waals surface area (Å²) >= 11 is 0. The molecule has 14 heavy (non-hydrogen) atoms. The second-order valence-corrected chi connectivity index (χ2v) is 3.50. The lowest BCUT2D eigenvalue weighted by Gasteiger charge is -1.96. The van der Waals surface area contributed by atoms with Gasteiger partial charge in [0.1, 0.15) is 12.7 Å². The number of ether oxygens (including phenoxy) is 1. The summed E-state index contributed by atoms with van der Waals surface area (Å²) in [5, 5.41) is 0. The highest BCUT2D eigenvalue weighted by Crippen LogP contribution is 2.05. The summed E-state index contributed by atoms with van der Waals surface area (Å²) in [7, 11) is 0. The molecule has 1 nitrogen and oxygen atoms in total. The van der Waals surface area contributed by atoms with Gasteiger partial charge in [-0.25, -0.2) is 0 Å². The van der Waals surface area contributed by atoms with Gasteiger partial charge in [0.25, 0.3) is 0 Å². The minimum Gasteiger partial charge on any atom is -0.447 e. The van der Waals surface area contributed by atoms with Crippen LogP contribution in [0, 0.1) is 19.0 Å². The van der Waals surface area contributed by atoms with Crippen LogP contribution < -0.4 is 0 Å². The van der Waals surface area contributed by atoms with Crippen LogP contribution in [0.5, 0.6) is 0 Å². The van der Waals surface area contributed by atoms with Crippen molar-refractivity contribution in [2.24, 2.45) is 0 Å². The molecule has 0 unspecified atom stereocenters. The first-order chi connectivity index (χ1) is 6.91. The maximum atomic E-state index is 5.00. The molecule has 0 N–H and O–H groups in total. The van der Waals surface area contributed by atoms with E-state index in [0.29, 0.717) is 6.61 Å². The third-order valence-corrected chi connectivity index (χ3v) is 2.05. The third-order valence-electron chi connectivity index (χ3n) is 2.05. The van der Waals surface area contributed by atoms with Crippen LogP contribution in [0.4, 0.5) is 0 Å². The monoisotopic (exact) mass is 195 g/mol. The largest absolute Gasteiger partial charge is 0.447 e. The molecule has 81 valence electrons. The Morgan fingerprint density at radius 2 is 1.79 bits per heavy atom. The van der Waals surface area contributed by atoms with Crippen LogP contribution in [0.1, 0.15) is 58.3 Å². The molecule has 0 aromatic carbocycles. The van der Waals surface area contributed by atoms with Crippen molar-refractivity contribution in [3.63, 3.8) is 0 Å². The summed E-state index contributed by atoms with van der Waals surface area (Å²) in [6.07, 6.45) is 12.4. The van der Waals surface area contributed by atoms with E-state index in [0.717, 1.165) is 12.8 Å². The van der Waals surface area contributed by atoms with Gasteiger partial charge in [-0.15, -0.1) is 0 Å². The SMILES string of the molecule is [CH2]CCOC#CCCCCCCCC. The van der Waals surface area contributed by atoms with Gasteiger partial charge in [0, 0.05) is 6.42 Å². The molecule has 0 aromatic rings. The van der Waals surface area contributed by atoms with Crippen LogP contribution in [0.25, 0.3) is 0 Å². The van der Waals surface area contributed by atoms with Gasteiger partial charge < -0.3 is 4.74 Å². The second-order valence-electron chi connectivity index (χ2n) is 3.50. The van der Waals surface area contributed by atoms with Crippen molar-refractivity contribution in [3.05, 3.63) is 6.92 Å². The molecule has 0 saturated carbocycles. The molecule has 0 bridgehead atoms.